The lowest BCUT2D eigenvalue weighted by Crippen LogP contribution is -2.16. The fraction of sp³-hybridized carbons (Fsp3) is 0.368. The van der Waals surface area contributed by atoms with Crippen molar-refractivity contribution in [1.29, 1.82) is 5.26 Å². The van der Waals surface area contributed by atoms with Crippen LogP contribution in [0.2, 0.25) is 0 Å². The van der Waals surface area contributed by atoms with Crippen molar-refractivity contribution < 1.29 is 14.3 Å². The van der Waals surface area contributed by atoms with Gasteiger partial charge in [0.05, 0.1) is 24.0 Å². The number of rotatable bonds is 5. The molecule has 0 radical (unpaired) electrons. The largest absolute Gasteiger partial charge is 0.465 e. The lowest BCUT2D eigenvalue weighted by molar-refractivity contribution is -0.113. The van der Waals surface area contributed by atoms with E-state index in [4.69, 9.17) is 4.74 Å². The summed E-state index contributed by atoms with van der Waals surface area (Å²) in [7, 11) is 1.35. The Morgan fingerprint density at radius 2 is 2.19 bits per heavy atom. The van der Waals surface area contributed by atoms with Crippen LogP contribution in [0, 0.1) is 25.2 Å². The van der Waals surface area contributed by atoms with Crippen molar-refractivity contribution in [2.75, 3.05) is 18.2 Å². The van der Waals surface area contributed by atoms with E-state index in [2.05, 4.69) is 16.4 Å². The predicted octanol–water partition coefficient (Wildman–Crippen LogP) is 3.64. The highest BCUT2D eigenvalue weighted by molar-refractivity contribution is 8.00. The van der Waals surface area contributed by atoms with Crippen molar-refractivity contribution in [3.05, 3.63) is 38.9 Å². The SMILES string of the molecule is COC(=O)c1c(NC(=O)CSc2nc(C)cc(C)c2C#N)sc2c1CCC2. The minimum absolute atomic E-state index is 0.105. The minimum Gasteiger partial charge on any atom is -0.465 e. The summed E-state index contributed by atoms with van der Waals surface area (Å²) in [4.78, 5) is 30.1. The summed E-state index contributed by atoms with van der Waals surface area (Å²) in [5, 5.41) is 13.3. The number of thioether (sulfide) groups is 1. The summed E-state index contributed by atoms with van der Waals surface area (Å²) < 4.78 is 4.89. The zero-order valence-electron chi connectivity index (χ0n) is 15.3. The van der Waals surface area contributed by atoms with Crippen LogP contribution in [-0.2, 0) is 22.4 Å². The second-order valence-corrected chi connectivity index (χ2v) is 8.33. The van der Waals surface area contributed by atoms with Gasteiger partial charge in [0.1, 0.15) is 16.1 Å². The van der Waals surface area contributed by atoms with Crippen LogP contribution < -0.4 is 5.32 Å². The maximum atomic E-state index is 12.5. The van der Waals surface area contributed by atoms with Gasteiger partial charge in [-0.2, -0.15) is 5.26 Å². The number of hydrogen-bond donors (Lipinski definition) is 1. The molecule has 0 spiro atoms. The van der Waals surface area contributed by atoms with Gasteiger partial charge >= 0.3 is 5.97 Å². The lowest BCUT2D eigenvalue weighted by atomic mass is 10.1. The van der Waals surface area contributed by atoms with Crippen LogP contribution in [0.15, 0.2) is 11.1 Å². The van der Waals surface area contributed by atoms with Crippen molar-refractivity contribution >= 4 is 40.0 Å². The summed E-state index contributed by atoms with van der Waals surface area (Å²) in [6, 6.07) is 3.99. The Morgan fingerprint density at radius 1 is 1.41 bits per heavy atom. The first-order chi connectivity index (χ1) is 12.9. The number of pyridine rings is 1. The molecule has 0 bridgehead atoms. The number of fused-ring (bicyclic) bond motifs is 1. The number of carbonyl (C=O) groups excluding carboxylic acids is 2. The molecule has 1 aliphatic carbocycles. The Labute approximate surface area is 165 Å². The number of anilines is 1. The van der Waals surface area contributed by atoms with Crippen molar-refractivity contribution in [2.45, 2.75) is 38.1 Å². The number of ether oxygens (including phenoxy) is 1. The van der Waals surface area contributed by atoms with Gasteiger partial charge < -0.3 is 10.1 Å². The molecule has 2 heterocycles. The summed E-state index contributed by atoms with van der Waals surface area (Å²) >= 11 is 2.67. The number of thiophene rings is 1. The second kappa shape index (κ2) is 8.11. The monoisotopic (exact) mass is 401 g/mol. The van der Waals surface area contributed by atoms with Gasteiger partial charge in [0.15, 0.2) is 0 Å². The molecule has 27 heavy (non-hydrogen) atoms. The molecule has 2 aromatic heterocycles. The summed E-state index contributed by atoms with van der Waals surface area (Å²) in [6.45, 7) is 3.71. The number of nitrogens with one attached hydrogen (secondary N) is 1. The molecule has 6 nitrogen and oxygen atoms in total. The van der Waals surface area contributed by atoms with Crippen LogP contribution in [0.1, 0.15) is 44.0 Å². The Balaban J connectivity index is 1.75. The highest BCUT2D eigenvalue weighted by atomic mass is 32.2. The van der Waals surface area contributed by atoms with E-state index in [0.29, 0.717) is 21.2 Å². The molecule has 0 unspecified atom stereocenters. The third-order valence-electron chi connectivity index (χ3n) is 4.33. The summed E-state index contributed by atoms with van der Waals surface area (Å²) in [5.41, 5.74) is 3.62. The van der Waals surface area contributed by atoms with Crippen molar-refractivity contribution in [1.82, 2.24) is 4.98 Å². The molecule has 140 valence electrons. The van der Waals surface area contributed by atoms with E-state index in [1.165, 1.54) is 30.2 Å². The van der Waals surface area contributed by atoms with Gasteiger partial charge in [-0.15, -0.1) is 11.3 Å². The second-order valence-electron chi connectivity index (χ2n) is 6.26. The Morgan fingerprint density at radius 3 is 2.89 bits per heavy atom. The molecule has 1 aliphatic rings. The van der Waals surface area contributed by atoms with Crippen LogP contribution in [0.3, 0.4) is 0 Å². The number of carbonyl (C=O) groups is 2. The van der Waals surface area contributed by atoms with Gasteiger partial charge in [0, 0.05) is 10.6 Å². The standard InChI is InChI=1S/C19H19N3O3S2/c1-10-7-11(2)21-17(13(10)8-20)26-9-15(23)22-18-16(19(24)25-3)12-5-4-6-14(12)27-18/h7H,4-6,9H2,1-3H3,(H,22,23). The average molecular weight is 402 g/mol. The zero-order chi connectivity index (χ0) is 19.6. The molecule has 0 saturated carbocycles. The van der Waals surface area contributed by atoms with Crippen LogP contribution in [0.4, 0.5) is 5.00 Å². The molecule has 8 heteroatoms. The van der Waals surface area contributed by atoms with E-state index in [-0.39, 0.29) is 11.7 Å². The third-order valence-corrected chi connectivity index (χ3v) is 6.51. The van der Waals surface area contributed by atoms with Crippen LogP contribution >= 0.6 is 23.1 Å². The molecule has 0 fully saturated rings. The average Bonchev–Trinajstić information content (AvgIpc) is 3.19. The first kappa shape index (κ1) is 19.4. The predicted molar refractivity (Wildman–Crippen MR) is 105 cm³/mol. The normalized spacial score (nSPS) is 12.4. The number of aryl methyl sites for hydroxylation is 3. The van der Waals surface area contributed by atoms with Crippen LogP contribution in [0.5, 0.6) is 0 Å². The van der Waals surface area contributed by atoms with E-state index < -0.39 is 5.97 Å². The number of esters is 1. The molecule has 0 saturated heterocycles. The minimum atomic E-state index is -0.417. The fourth-order valence-corrected chi connectivity index (χ4v) is 5.34. The van der Waals surface area contributed by atoms with Gasteiger partial charge in [0.25, 0.3) is 0 Å². The highest BCUT2D eigenvalue weighted by Gasteiger charge is 2.28. The molecule has 1 amide bonds. The van der Waals surface area contributed by atoms with Gasteiger partial charge in [-0.3, -0.25) is 4.79 Å². The molecular weight excluding hydrogens is 382 g/mol. The summed E-state index contributed by atoms with van der Waals surface area (Å²) in [6.07, 6.45) is 2.77. The third kappa shape index (κ3) is 3.99. The maximum Gasteiger partial charge on any atom is 0.341 e. The van der Waals surface area contributed by atoms with E-state index in [9.17, 15) is 14.9 Å². The fourth-order valence-electron chi connectivity index (χ4n) is 3.15. The number of nitriles is 1. The van der Waals surface area contributed by atoms with Crippen molar-refractivity contribution in [3.8, 4) is 6.07 Å². The molecule has 0 atom stereocenters. The topological polar surface area (TPSA) is 92.1 Å². The van der Waals surface area contributed by atoms with Crippen LogP contribution in [0.25, 0.3) is 0 Å². The van der Waals surface area contributed by atoms with Crippen LogP contribution in [-0.4, -0.2) is 29.7 Å². The first-order valence-electron chi connectivity index (χ1n) is 8.48. The van der Waals surface area contributed by atoms with Crippen molar-refractivity contribution in [3.63, 3.8) is 0 Å². The number of hydrogen-bond acceptors (Lipinski definition) is 7. The molecule has 3 rings (SSSR count). The molecular formula is C19H19N3O3S2. The molecule has 0 aromatic carbocycles. The zero-order valence-corrected chi connectivity index (χ0v) is 17.0. The number of methoxy groups -OCH3 is 1. The van der Waals surface area contributed by atoms with Crippen molar-refractivity contribution in [2.24, 2.45) is 0 Å². The first-order valence-corrected chi connectivity index (χ1v) is 10.3. The Bertz CT molecular complexity index is 960. The van der Waals surface area contributed by atoms with Gasteiger partial charge in [0.2, 0.25) is 5.91 Å². The van der Waals surface area contributed by atoms with Gasteiger partial charge in [-0.1, -0.05) is 11.8 Å². The molecule has 1 N–H and O–H groups in total. The molecule has 0 aliphatic heterocycles. The smallest absolute Gasteiger partial charge is 0.341 e. The maximum absolute atomic E-state index is 12.5. The quantitative estimate of drug-likeness (QED) is 0.607. The molecule has 2 aromatic rings. The number of nitrogens with zero attached hydrogens (tertiary/aromatic N) is 2. The van der Waals surface area contributed by atoms with Gasteiger partial charge in [-0.25, -0.2) is 9.78 Å². The highest BCUT2D eigenvalue weighted by Crippen LogP contribution is 2.39. The van der Waals surface area contributed by atoms with E-state index >= 15 is 0 Å². The Kier molecular flexibility index (Phi) is 5.82. The van der Waals surface area contributed by atoms with E-state index in [0.717, 1.165) is 41.0 Å². The number of amides is 1. The lowest BCUT2D eigenvalue weighted by Gasteiger charge is -2.09. The summed E-state index contributed by atoms with van der Waals surface area (Å²) in [5.74, 6) is -0.552. The Hall–Kier alpha value is -2.37. The number of aromatic nitrogens is 1. The van der Waals surface area contributed by atoms with Gasteiger partial charge in [-0.05, 0) is 50.3 Å². The van der Waals surface area contributed by atoms with E-state index in [1.807, 2.05) is 19.9 Å². The van der Waals surface area contributed by atoms with E-state index in [1.54, 1.807) is 0 Å².